The van der Waals surface area contributed by atoms with Crippen molar-refractivity contribution in [1.82, 2.24) is 4.98 Å². The minimum atomic E-state index is -1.24. The van der Waals surface area contributed by atoms with Gasteiger partial charge in [-0.05, 0) is 23.6 Å². The molecule has 3 rings (SSSR count). The normalized spacial score (nSPS) is 10.4. The van der Waals surface area contributed by atoms with E-state index in [1.165, 1.54) is 18.2 Å². The Morgan fingerprint density at radius 2 is 1.96 bits per heavy atom. The quantitative estimate of drug-likeness (QED) is 0.563. The molecule has 0 bridgehead atoms. The van der Waals surface area contributed by atoms with Gasteiger partial charge >= 0.3 is 5.97 Å². The van der Waals surface area contributed by atoms with E-state index in [1.807, 2.05) is 6.07 Å². The summed E-state index contributed by atoms with van der Waals surface area (Å²) in [6.07, 6.45) is 3.26. The zero-order chi connectivity index (χ0) is 16.4. The van der Waals surface area contributed by atoms with E-state index in [0.29, 0.717) is 5.69 Å². The highest BCUT2D eigenvalue weighted by Crippen LogP contribution is 2.33. The monoisotopic (exact) mass is 309 g/mol. The van der Waals surface area contributed by atoms with Gasteiger partial charge < -0.3 is 10.4 Å². The molecule has 3 aromatic rings. The third-order valence-electron chi connectivity index (χ3n) is 3.41. The molecule has 114 valence electrons. The minimum Gasteiger partial charge on any atom is -0.478 e. The molecule has 0 unspecified atom stereocenters. The van der Waals surface area contributed by atoms with Crippen molar-refractivity contribution in [2.75, 3.05) is 5.32 Å². The SMILES string of the molecule is O=C(O)c1cccc([N+](=O)[O-])c1Nc1cccc2ccncc12. The molecule has 1 heterocycles. The van der Waals surface area contributed by atoms with Crippen LogP contribution in [0.3, 0.4) is 0 Å². The fraction of sp³-hybridized carbons (Fsp3) is 0. The summed E-state index contributed by atoms with van der Waals surface area (Å²) in [5.74, 6) is -1.24. The van der Waals surface area contributed by atoms with Crippen molar-refractivity contribution in [2.45, 2.75) is 0 Å². The van der Waals surface area contributed by atoms with Crippen LogP contribution in [0.4, 0.5) is 17.1 Å². The lowest BCUT2D eigenvalue weighted by Gasteiger charge is -2.12. The highest BCUT2D eigenvalue weighted by Gasteiger charge is 2.21. The largest absolute Gasteiger partial charge is 0.478 e. The van der Waals surface area contributed by atoms with Gasteiger partial charge in [0.2, 0.25) is 0 Å². The second-order valence-corrected chi connectivity index (χ2v) is 4.79. The molecule has 0 saturated carbocycles. The third kappa shape index (κ3) is 2.67. The van der Waals surface area contributed by atoms with Crippen LogP contribution in [0.25, 0.3) is 10.8 Å². The summed E-state index contributed by atoms with van der Waals surface area (Å²) in [5.41, 5.74) is 0.0274. The number of nitrogens with zero attached hydrogens (tertiary/aromatic N) is 2. The van der Waals surface area contributed by atoms with Gasteiger partial charge in [-0.2, -0.15) is 0 Å². The number of aromatic nitrogens is 1. The molecule has 0 aliphatic carbocycles. The zero-order valence-corrected chi connectivity index (χ0v) is 11.8. The van der Waals surface area contributed by atoms with Gasteiger partial charge in [0.1, 0.15) is 5.69 Å². The topological polar surface area (TPSA) is 105 Å². The molecule has 2 aromatic carbocycles. The number of carbonyl (C=O) groups is 1. The number of hydrogen-bond donors (Lipinski definition) is 2. The summed E-state index contributed by atoms with van der Waals surface area (Å²) < 4.78 is 0. The van der Waals surface area contributed by atoms with Crippen molar-refractivity contribution in [2.24, 2.45) is 0 Å². The average Bonchev–Trinajstić information content (AvgIpc) is 2.55. The molecule has 0 spiro atoms. The lowest BCUT2D eigenvalue weighted by molar-refractivity contribution is -0.383. The maximum absolute atomic E-state index is 11.4. The first kappa shape index (κ1) is 14.5. The molecule has 2 N–H and O–H groups in total. The smallest absolute Gasteiger partial charge is 0.338 e. The Balaban J connectivity index is 2.19. The maximum atomic E-state index is 11.4. The van der Waals surface area contributed by atoms with E-state index in [0.717, 1.165) is 10.8 Å². The molecule has 0 aliphatic rings. The standard InChI is InChI=1S/C16H11N3O4/c20-16(21)11-4-2-6-14(19(22)23)15(11)18-13-5-1-3-10-7-8-17-9-12(10)13/h1-9,18H,(H,20,21). The third-order valence-corrected chi connectivity index (χ3v) is 3.41. The van der Waals surface area contributed by atoms with Gasteiger partial charge in [-0.1, -0.05) is 18.2 Å². The summed E-state index contributed by atoms with van der Waals surface area (Å²) in [5, 5.41) is 25.0. The fourth-order valence-electron chi connectivity index (χ4n) is 2.36. The van der Waals surface area contributed by atoms with E-state index in [1.54, 1.807) is 30.6 Å². The molecule has 0 radical (unpaired) electrons. The number of hydrogen-bond acceptors (Lipinski definition) is 5. The number of carboxylic acid groups (broad SMARTS) is 1. The lowest BCUT2D eigenvalue weighted by Crippen LogP contribution is -2.06. The Bertz CT molecular complexity index is 887. The number of anilines is 2. The molecule has 0 fully saturated rings. The molecular formula is C16H11N3O4. The Kier molecular flexibility index (Phi) is 3.60. The van der Waals surface area contributed by atoms with E-state index in [2.05, 4.69) is 10.3 Å². The van der Waals surface area contributed by atoms with E-state index < -0.39 is 10.9 Å². The number of rotatable bonds is 4. The number of aromatic carboxylic acids is 1. The van der Waals surface area contributed by atoms with Crippen LogP contribution in [0.5, 0.6) is 0 Å². The number of nitrogens with one attached hydrogen (secondary N) is 1. The van der Waals surface area contributed by atoms with E-state index in [9.17, 15) is 20.0 Å². The second-order valence-electron chi connectivity index (χ2n) is 4.79. The predicted molar refractivity (Wildman–Crippen MR) is 85.1 cm³/mol. The average molecular weight is 309 g/mol. The highest BCUT2D eigenvalue weighted by atomic mass is 16.6. The molecule has 7 nitrogen and oxygen atoms in total. The van der Waals surface area contributed by atoms with E-state index in [4.69, 9.17) is 0 Å². The number of benzene rings is 2. The fourth-order valence-corrected chi connectivity index (χ4v) is 2.36. The molecule has 23 heavy (non-hydrogen) atoms. The van der Waals surface area contributed by atoms with Gasteiger partial charge in [0, 0.05) is 29.5 Å². The molecule has 0 amide bonds. The number of fused-ring (bicyclic) bond motifs is 1. The summed E-state index contributed by atoms with van der Waals surface area (Å²) in [6.45, 7) is 0. The van der Waals surface area contributed by atoms with Crippen molar-refractivity contribution in [3.8, 4) is 0 Å². The van der Waals surface area contributed by atoms with Crippen LogP contribution in [0, 0.1) is 10.1 Å². The minimum absolute atomic E-state index is 0.0543. The number of para-hydroxylation sites is 1. The van der Waals surface area contributed by atoms with Crippen LogP contribution in [-0.4, -0.2) is 21.0 Å². The summed E-state index contributed by atoms with van der Waals surface area (Å²) in [4.78, 5) is 26.0. The zero-order valence-electron chi connectivity index (χ0n) is 11.8. The summed E-state index contributed by atoms with van der Waals surface area (Å²) in [7, 11) is 0. The van der Waals surface area contributed by atoms with Crippen molar-refractivity contribution in [3.05, 3.63) is 70.5 Å². The summed E-state index contributed by atoms with van der Waals surface area (Å²) >= 11 is 0. The van der Waals surface area contributed by atoms with Gasteiger partial charge in [-0.25, -0.2) is 4.79 Å². The van der Waals surface area contributed by atoms with Gasteiger partial charge in [0.05, 0.1) is 10.5 Å². The molecular weight excluding hydrogens is 298 g/mol. The van der Waals surface area contributed by atoms with Crippen LogP contribution in [0.2, 0.25) is 0 Å². The van der Waals surface area contributed by atoms with Crippen LogP contribution in [-0.2, 0) is 0 Å². The second kappa shape index (κ2) is 5.72. The van der Waals surface area contributed by atoms with E-state index >= 15 is 0 Å². The molecule has 0 aliphatic heterocycles. The van der Waals surface area contributed by atoms with Gasteiger partial charge in [-0.3, -0.25) is 15.1 Å². The van der Waals surface area contributed by atoms with Crippen LogP contribution < -0.4 is 5.32 Å². The first-order chi connectivity index (χ1) is 11.1. The number of pyridine rings is 1. The predicted octanol–water partition coefficient (Wildman–Crippen LogP) is 3.58. The first-order valence-electron chi connectivity index (χ1n) is 6.68. The first-order valence-corrected chi connectivity index (χ1v) is 6.68. The van der Waals surface area contributed by atoms with Crippen molar-refractivity contribution in [3.63, 3.8) is 0 Å². The number of carboxylic acids is 1. The molecule has 0 atom stereocenters. The molecule has 0 saturated heterocycles. The Labute approximate surface area is 130 Å². The Morgan fingerprint density at radius 1 is 1.17 bits per heavy atom. The summed E-state index contributed by atoms with van der Waals surface area (Å²) in [6, 6.07) is 11.1. The molecule has 1 aromatic heterocycles. The van der Waals surface area contributed by atoms with Gasteiger partial charge in [0.25, 0.3) is 5.69 Å². The van der Waals surface area contributed by atoms with Gasteiger partial charge in [-0.15, -0.1) is 0 Å². The van der Waals surface area contributed by atoms with Crippen molar-refractivity contribution < 1.29 is 14.8 Å². The van der Waals surface area contributed by atoms with Crippen molar-refractivity contribution in [1.29, 1.82) is 0 Å². The van der Waals surface area contributed by atoms with Gasteiger partial charge in [0.15, 0.2) is 0 Å². The van der Waals surface area contributed by atoms with Crippen molar-refractivity contribution >= 4 is 33.8 Å². The lowest BCUT2D eigenvalue weighted by atomic mass is 10.1. The van der Waals surface area contributed by atoms with Crippen LogP contribution in [0.15, 0.2) is 54.9 Å². The highest BCUT2D eigenvalue weighted by molar-refractivity contribution is 6.01. The number of nitro groups is 1. The van der Waals surface area contributed by atoms with E-state index in [-0.39, 0.29) is 16.9 Å². The Morgan fingerprint density at radius 3 is 2.70 bits per heavy atom. The molecule has 7 heteroatoms. The van der Waals surface area contributed by atoms with Crippen LogP contribution in [0.1, 0.15) is 10.4 Å². The Hall–Kier alpha value is -3.48. The maximum Gasteiger partial charge on any atom is 0.338 e. The van der Waals surface area contributed by atoms with Crippen LogP contribution >= 0.6 is 0 Å². The number of nitro benzene ring substituents is 1.